The van der Waals surface area contributed by atoms with Crippen molar-refractivity contribution in [3.8, 4) is 6.07 Å². The molecule has 0 atom stereocenters. The molecular weight excluding hydrogens is 230 g/mol. The van der Waals surface area contributed by atoms with E-state index >= 15 is 0 Å². The summed E-state index contributed by atoms with van der Waals surface area (Å²) < 4.78 is 21.3. The van der Waals surface area contributed by atoms with Crippen molar-refractivity contribution in [3.05, 3.63) is 17.8 Å². The molecule has 0 aliphatic heterocycles. The Kier molecular flexibility index (Phi) is 3.65. The number of rotatable bonds is 4. The molecular formula is C8H11N5O2S. The van der Waals surface area contributed by atoms with E-state index < -0.39 is 10.0 Å². The summed E-state index contributed by atoms with van der Waals surface area (Å²) in [5.41, 5.74) is 6.07. The van der Waals surface area contributed by atoms with E-state index in [1.165, 1.54) is 12.3 Å². The number of anilines is 2. The molecule has 0 spiro atoms. The molecule has 86 valence electrons. The van der Waals surface area contributed by atoms with Crippen molar-refractivity contribution in [2.75, 3.05) is 23.3 Å². The highest BCUT2D eigenvalue weighted by atomic mass is 32.2. The van der Waals surface area contributed by atoms with E-state index in [4.69, 9.17) is 16.1 Å². The summed E-state index contributed by atoms with van der Waals surface area (Å²) in [6.07, 6.45) is 1.38. The minimum absolute atomic E-state index is 0.0877. The van der Waals surface area contributed by atoms with Crippen LogP contribution in [0.25, 0.3) is 0 Å². The molecule has 1 aromatic rings. The van der Waals surface area contributed by atoms with Crippen LogP contribution in [0.3, 0.4) is 0 Å². The summed E-state index contributed by atoms with van der Waals surface area (Å²) in [4.78, 5) is 3.87. The van der Waals surface area contributed by atoms with Gasteiger partial charge in [-0.3, -0.25) is 0 Å². The van der Waals surface area contributed by atoms with Gasteiger partial charge in [-0.15, -0.1) is 0 Å². The Hall–Kier alpha value is -1.85. The number of nitrogen functional groups attached to an aromatic ring is 1. The van der Waals surface area contributed by atoms with Crippen LogP contribution < -0.4 is 16.2 Å². The van der Waals surface area contributed by atoms with Gasteiger partial charge in [0, 0.05) is 6.54 Å². The first kappa shape index (κ1) is 12.2. The number of hydrogen-bond acceptors (Lipinski definition) is 6. The molecule has 1 aromatic heterocycles. The second-order valence-electron chi connectivity index (χ2n) is 3.07. The lowest BCUT2D eigenvalue weighted by molar-refractivity contribution is 0.598. The lowest BCUT2D eigenvalue weighted by Gasteiger charge is -2.06. The topological polar surface area (TPSA) is 135 Å². The van der Waals surface area contributed by atoms with Gasteiger partial charge in [-0.25, -0.2) is 18.5 Å². The summed E-state index contributed by atoms with van der Waals surface area (Å²) >= 11 is 0. The second kappa shape index (κ2) is 4.78. The van der Waals surface area contributed by atoms with Crippen molar-refractivity contribution in [1.82, 2.24) is 4.98 Å². The number of nitrogens with one attached hydrogen (secondary N) is 1. The fraction of sp³-hybridized carbons (Fsp3) is 0.250. The molecule has 0 fully saturated rings. The molecule has 1 rings (SSSR count). The van der Waals surface area contributed by atoms with Gasteiger partial charge in [-0.05, 0) is 6.07 Å². The molecule has 0 amide bonds. The largest absolute Gasteiger partial charge is 0.397 e. The quantitative estimate of drug-likeness (QED) is 0.633. The smallest absolute Gasteiger partial charge is 0.210 e. The first-order valence-electron chi connectivity index (χ1n) is 4.32. The second-order valence-corrected chi connectivity index (χ2v) is 4.80. The van der Waals surface area contributed by atoms with E-state index in [-0.39, 0.29) is 17.9 Å². The third kappa shape index (κ3) is 3.72. The zero-order valence-corrected chi connectivity index (χ0v) is 9.16. The standard InChI is InChI=1S/C8H11N5O2S/c9-4-6-3-7(10)5-13-8(6)12-1-2-16(11,14)15/h3,5H,1-2,10H2,(H,12,13)(H2,11,14,15). The van der Waals surface area contributed by atoms with Gasteiger partial charge in [-0.1, -0.05) is 0 Å². The minimum atomic E-state index is -3.52. The van der Waals surface area contributed by atoms with Crippen molar-refractivity contribution in [1.29, 1.82) is 5.26 Å². The lowest BCUT2D eigenvalue weighted by Crippen LogP contribution is -2.22. The number of aromatic nitrogens is 1. The molecule has 0 aromatic carbocycles. The summed E-state index contributed by atoms with van der Waals surface area (Å²) in [6.45, 7) is 0.0877. The Morgan fingerprint density at radius 2 is 2.25 bits per heavy atom. The fourth-order valence-corrected chi connectivity index (χ4v) is 1.41. The van der Waals surface area contributed by atoms with Crippen molar-refractivity contribution in [2.24, 2.45) is 5.14 Å². The van der Waals surface area contributed by atoms with E-state index in [0.717, 1.165) is 0 Å². The number of primary sulfonamides is 1. The van der Waals surface area contributed by atoms with Gasteiger partial charge in [0.05, 0.1) is 23.2 Å². The molecule has 0 aliphatic rings. The number of pyridine rings is 1. The van der Waals surface area contributed by atoms with Crippen molar-refractivity contribution < 1.29 is 8.42 Å². The van der Waals surface area contributed by atoms with E-state index in [1.807, 2.05) is 6.07 Å². The van der Waals surface area contributed by atoms with Gasteiger partial charge < -0.3 is 11.1 Å². The van der Waals surface area contributed by atoms with Crippen LogP contribution in [0.4, 0.5) is 11.5 Å². The van der Waals surface area contributed by atoms with Crippen LogP contribution in [0.5, 0.6) is 0 Å². The number of sulfonamides is 1. The van der Waals surface area contributed by atoms with Crippen molar-refractivity contribution in [3.63, 3.8) is 0 Å². The van der Waals surface area contributed by atoms with Crippen molar-refractivity contribution >= 4 is 21.5 Å². The third-order valence-corrected chi connectivity index (χ3v) is 2.48. The minimum Gasteiger partial charge on any atom is -0.397 e. The van der Waals surface area contributed by atoms with Gasteiger partial charge in [0.15, 0.2) is 0 Å². The van der Waals surface area contributed by atoms with Crippen molar-refractivity contribution in [2.45, 2.75) is 0 Å². The third-order valence-electron chi connectivity index (χ3n) is 1.71. The molecule has 0 bridgehead atoms. The van der Waals surface area contributed by atoms with Gasteiger partial charge in [0.2, 0.25) is 10.0 Å². The van der Waals surface area contributed by atoms with Crippen LogP contribution in [-0.2, 0) is 10.0 Å². The molecule has 1 heterocycles. The van der Waals surface area contributed by atoms with Gasteiger partial charge in [-0.2, -0.15) is 5.26 Å². The highest BCUT2D eigenvalue weighted by Gasteiger charge is 2.06. The Labute approximate surface area is 93.1 Å². The zero-order chi connectivity index (χ0) is 12.2. The summed E-state index contributed by atoms with van der Waals surface area (Å²) in [5, 5.41) is 16.3. The molecule has 0 saturated heterocycles. The maximum atomic E-state index is 10.7. The molecule has 7 nitrogen and oxygen atoms in total. The Morgan fingerprint density at radius 1 is 1.56 bits per heavy atom. The van der Waals surface area contributed by atoms with Crippen LogP contribution in [0.1, 0.15) is 5.56 Å². The van der Waals surface area contributed by atoms with E-state index in [1.54, 1.807) is 0 Å². The fourth-order valence-electron chi connectivity index (χ4n) is 1.02. The number of hydrogen-bond donors (Lipinski definition) is 3. The lowest BCUT2D eigenvalue weighted by atomic mass is 10.2. The Bertz CT molecular complexity index is 520. The van der Waals surface area contributed by atoms with Crippen LogP contribution in [0, 0.1) is 11.3 Å². The van der Waals surface area contributed by atoms with Gasteiger partial charge in [0.1, 0.15) is 11.9 Å². The molecule has 8 heteroatoms. The highest BCUT2D eigenvalue weighted by molar-refractivity contribution is 7.89. The van der Waals surface area contributed by atoms with Crippen LogP contribution in [-0.4, -0.2) is 25.7 Å². The summed E-state index contributed by atoms with van der Waals surface area (Å²) in [6, 6.07) is 3.35. The van der Waals surface area contributed by atoms with Gasteiger partial charge >= 0.3 is 0 Å². The first-order valence-corrected chi connectivity index (χ1v) is 6.04. The Balaban J connectivity index is 2.72. The predicted octanol–water partition coefficient (Wildman–Crippen LogP) is -0.764. The average molecular weight is 241 g/mol. The predicted molar refractivity (Wildman–Crippen MR) is 59.8 cm³/mol. The maximum absolute atomic E-state index is 10.7. The molecule has 5 N–H and O–H groups in total. The number of nitrogens with zero attached hydrogens (tertiary/aromatic N) is 2. The molecule has 16 heavy (non-hydrogen) atoms. The molecule has 0 aliphatic carbocycles. The van der Waals surface area contributed by atoms with Crippen LogP contribution in [0.2, 0.25) is 0 Å². The van der Waals surface area contributed by atoms with E-state index in [2.05, 4.69) is 10.3 Å². The van der Waals surface area contributed by atoms with E-state index in [9.17, 15) is 8.42 Å². The number of nitriles is 1. The van der Waals surface area contributed by atoms with Crippen LogP contribution >= 0.6 is 0 Å². The summed E-state index contributed by atoms with van der Waals surface area (Å²) in [7, 11) is -3.52. The SMILES string of the molecule is N#Cc1cc(N)cnc1NCCS(N)(=O)=O. The molecule has 0 saturated carbocycles. The van der Waals surface area contributed by atoms with Crippen LogP contribution in [0.15, 0.2) is 12.3 Å². The maximum Gasteiger partial charge on any atom is 0.210 e. The normalized spacial score (nSPS) is 10.8. The Morgan fingerprint density at radius 3 is 2.81 bits per heavy atom. The molecule has 0 unspecified atom stereocenters. The number of nitrogens with two attached hydrogens (primary N) is 2. The summed E-state index contributed by atoms with van der Waals surface area (Å²) in [5.74, 6) is 0.0598. The molecule has 0 radical (unpaired) electrons. The monoisotopic (exact) mass is 241 g/mol. The van der Waals surface area contributed by atoms with Gasteiger partial charge in [0.25, 0.3) is 0 Å². The zero-order valence-electron chi connectivity index (χ0n) is 8.34. The average Bonchev–Trinajstić information content (AvgIpc) is 2.18. The van der Waals surface area contributed by atoms with E-state index in [0.29, 0.717) is 11.5 Å². The first-order chi connectivity index (χ1) is 7.42. The highest BCUT2D eigenvalue weighted by Crippen LogP contribution is 2.13.